The van der Waals surface area contributed by atoms with Crippen LogP contribution in [0.3, 0.4) is 0 Å². The molecule has 1 heterocycles. The maximum absolute atomic E-state index is 12.5. The smallest absolute Gasteiger partial charge is 0.309 e. The van der Waals surface area contributed by atoms with E-state index in [9.17, 15) is 14.7 Å². The van der Waals surface area contributed by atoms with Gasteiger partial charge in [-0.25, -0.2) is 0 Å². The van der Waals surface area contributed by atoms with E-state index >= 15 is 0 Å². The molecule has 114 valence electrons. The van der Waals surface area contributed by atoms with Gasteiger partial charge in [-0.3, -0.25) is 9.59 Å². The zero-order valence-corrected chi connectivity index (χ0v) is 12.5. The minimum Gasteiger partial charge on any atom is -0.481 e. The van der Waals surface area contributed by atoms with Crippen LogP contribution in [-0.4, -0.2) is 35.0 Å². The number of nitrogen functional groups attached to an aromatic ring is 1. The molecule has 2 rings (SSSR count). The van der Waals surface area contributed by atoms with E-state index in [1.165, 1.54) is 0 Å². The Morgan fingerprint density at radius 3 is 2.71 bits per heavy atom. The quantitative estimate of drug-likeness (QED) is 0.836. The van der Waals surface area contributed by atoms with Crippen molar-refractivity contribution >= 4 is 17.6 Å². The number of carboxylic acid groups (broad SMARTS) is 1. The van der Waals surface area contributed by atoms with Crippen LogP contribution in [0.25, 0.3) is 0 Å². The van der Waals surface area contributed by atoms with Gasteiger partial charge in [0.1, 0.15) is 0 Å². The molecule has 21 heavy (non-hydrogen) atoms. The summed E-state index contributed by atoms with van der Waals surface area (Å²) in [5.74, 6) is -0.923. The zero-order chi connectivity index (χ0) is 15.6. The Kier molecular flexibility index (Phi) is 4.21. The number of piperidine rings is 1. The average molecular weight is 290 g/mol. The summed E-state index contributed by atoms with van der Waals surface area (Å²) in [7, 11) is 0. The number of likely N-dealkylation sites (tertiary alicyclic amines) is 1. The molecular formula is C16H22N2O3. The number of carboxylic acids is 1. The van der Waals surface area contributed by atoms with Crippen molar-refractivity contribution in [1.29, 1.82) is 0 Å². The fraction of sp³-hybridized carbons (Fsp3) is 0.500. The summed E-state index contributed by atoms with van der Waals surface area (Å²) in [6, 6.07) is 6.90. The first-order valence-electron chi connectivity index (χ1n) is 7.20. The Morgan fingerprint density at radius 1 is 1.38 bits per heavy atom. The first kappa shape index (κ1) is 15.4. The van der Waals surface area contributed by atoms with Crippen molar-refractivity contribution < 1.29 is 14.7 Å². The number of anilines is 1. The van der Waals surface area contributed by atoms with E-state index in [4.69, 9.17) is 5.73 Å². The molecule has 1 aromatic rings. The number of benzene rings is 1. The van der Waals surface area contributed by atoms with Gasteiger partial charge >= 0.3 is 5.97 Å². The van der Waals surface area contributed by atoms with Crippen molar-refractivity contribution in [1.82, 2.24) is 4.90 Å². The third kappa shape index (κ3) is 3.17. The number of carbonyl (C=O) groups is 2. The van der Waals surface area contributed by atoms with Crippen LogP contribution in [0.5, 0.6) is 0 Å². The number of nitrogens with zero attached hydrogens (tertiary/aromatic N) is 1. The second-order valence-corrected chi connectivity index (χ2v) is 6.24. The molecule has 0 aliphatic carbocycles. The summed E-state index contributed by atoms with van der Waals surface area (Å²) in [6.07, 6.45) is 1.66. The van der Waals surface area contributed by atoms with Gasteiger partial charge in [0.15, 0.2) is 0 Å². The van der Waals surface area contributed by atoms with Crippen LogP contribution in [0.1, 0.15) is 37.0 Å². The van der Waals surface area contributed by atoms with Crippen molar-refractivity contribution in [2.45, 2.75) is 26.7 Å². The van der Waals surface area contributed by atoms with Crippen molar-refractivity contribution in [3.05, 3.63) is 29.8 Å². The number of aliphatic carboxylic acids is 1. The number of nitrogens with two attached hydrogens (primary N) is 1. The molecule has 1 aliphatic heterocycles. The average Bonchev–Trinajstić information content (AvgIpc) is 2.46. The highest BCUT2D eigenvalue weighted by atomic mass is 16.4. The van der Waals surface area contributed by atoms with Crippen LogP contribution >= 0.6 is 0 Å². The molecule has 1 saturated heterocycles. The van der Waals surface area contributed by atoms with Gasteiger partial charge in [-0.1, -0.05) is 6.07 Å². The summed E-state index contributed by atoms with van der Waals surface area (Å²) < 4.78 is 0. The van der Waals surface area contributed by atoms with Crippen molar-refractivity contribution in [2.75, 3.05) is 18.8 Å². The Labute approximate surface area is 124 Å². The van der Waals surface area contributed by atoms with E-state index in [-0.39, 0.29) is 11.8 Å². The molecule has 5 nitrogen and oxygen atoms in total. The largest absolute Gasteiger partial charge is 0.481 e. The maximum Gasteiger partial charge on any atom is 0.309 e. The van der Waals surface area contributed by atoms with E-state index in [0.717, 1.165) is 12.8 Å². The molecule has 0 bridgehead atoms. The van der Waals surface area contributed by atoms with Crippen LogP contribution in [0, 0.1) is 11.3 Å². The van der Waals surface area contributed by atoms with Crippen molar-refractivity contribution in [3.63, 3.8) is 0 Å². The lowest BCUT2D eigenvalue weighted by atomic mass is 9.74. The first-order chi connectivity index (χ1) is 9.82. The Morgan fingerprint density at radius 2 is 2.10 bits per heavy atom. The Bertz CT molecular complexity index is 554. The highest BCUT2D eigenvalue weighted by Crippen LogP contribution is 2.34. The van der Waals surface area contributed by atoms with Crippen molar-refractivity contribution in [2.24, 2.45) is 11.3 Å². The van der Waals surface area contributed by atoms with E-state index in [0.29, 0.717) is 24.3 Å². The Hall–Kier alpha value is -2.04. The fourth-order valence-corrected chi connectivity index (χ4v) is 2.78. The second kappa shape index (κ2) is 5.76. The van der Waals surface area contributed by atoms with E-state index in [2.05, 4.69) is 0 Å². The molecule has 0 saturated carbocycles. The summed E-state index contributed by atoms with van der Waals surface area (Å²) in [6.45, 7) is 4.61. The van der Waals surface area contributed by atoms with Crippen LogP contribution in [0.15, 0.2) is 24.3 Å². The predicted molar refractivity (Wildman–Crippen MR) is 80.9 cm³/mol. The van der Waals surface area contributed by atoms with Crippen LogP contribution in [0.4, 0.5) is 5.69 Å². The van der Waals surface area contributed by atoms with Crippen molar-refractivity contribution in [3.8, 4) is 0 Å². The number of hydrogen-bond acceptors (Lipinski definition) is 3. The van der Waals surface area contributed by atoms with Gasteiger partial charge in [0, 0.05) is 24.3 Å². The van der Waals surface area contributed by atoms with Gasteiger partial charge in [-0.05, 0) is 50.8 Å². The maximum atomic E-state index is 12.5. The van der Waals surface area contributed by atoms with Gasteiger partial charge in [-0.2, -0.15) is 0 Å². The molecule has 5 heteroatoms. The highest BCUT2D eigenvalue weighted by Gasteiger charge is 2.40. The molecule has 1 aromatic carbocycles. The van der Waals surface area contributed by atoms with Gasteiger partial charge in [0.25, 0.3) is 5.91 Å². The zero-order valence-electron chi connectivity index (χ0n) is 12.5. The van der Waals surface area contributed by atoms with E-state index in [1.807, 2.05) is 0 Å². The summed E-state index contributed by atoms with van der Waals surface area (Å²) in [5.41, 5.74) is 6.00. The van der Waals surface area contributed by atoms with Gasteiger partial charge in [0.05, 0.1) is 5.41 Å². The molecule has 1 atom stereocenters. The van der Waals surface area contributed by atoms with Crippen LogP contribution in [-0.2, 0) is 4.79 Å². The molecular weight excluding hydrogens is 268 g/mol. The first-order valence-corrected chi connectivity index (χ1v) is 7.20. The molecule has 1 unspecified atom stereocenters. The van der Waals surface area contributed by atoms with Gasteiger partial charge < -0.3 is 15.7 Å². The third-order valence-corrected chi connectivity index (χ3v) is 4.41. The molecule has 3 N–H and O–H groups in total. The van der Waals surface area contributed by atoms with E-state index < -0.39 is 11.4 Å². The molecule has 1 amide bonds. The summed E-state index contributed by atoms with van der Waals surface area (Å²) >= 11 is 0. The number of rotatable bonds is 3. The molecule has 0 spiro atoms. The summed E-state index contributed by atoms with van der Waals surface area (Å²) in [4.78, 5) is 25.7. The van der Waals surface area contributed by atoms with Crippen LogP contribution < -0.4 is 5.73 Å². The molecule has 0 radical (unpaired) electrons. The third-order valence-electron chi connectivity index (χ3n) is 4.41. The minimum absolute atomic E-state index is 0.0336. The monoisotopic (exact) mass is 290 g/mol. The summed E-state index contributed by atoms with van der Waals surface area (Å²) in [5, 5.41) is 9.35. The SMILES string of the molecule is CC(C)(C(=O)O)C1CCCN(C(=O)c2cccc(N)c2)C1. The fourth-order valence-electron chi connectivity index (χ4n) is 2.78. The molecule has 0 aromatic heterocycles. The lowest BCUT2D eigenvalue weighted by Gasteiger charge is -2.39. The lowest BCUT2D eigenvalue weighted by molar-refractivity contribution is -0.151. The normalized spacial score (nSPS) is 19.3. The minimum atomic E-state index is -0.825. The standard InChI is InChI=1S/C16H22N2O3/c1-16(2,15(20)21)12-6-4-8-18(10-12)14(19)11-5-3-7-13(17)9-11/h3,5,7,9,12H,4,6,8,10,17H2,1-2H3,(H,20,21). The number of amides is 1. The van der Waals surface area contributed by atoms with E-state index in [1.54, 1.807) is 43.0 Å². The molecule has 1 fully saturated rings. The lowest BCUT2D eigenvalue weighted by Crippen LogP contribution is -2.46. The molecule has 1 aliphatic rings. The predicted octanol–water partition coefficient (Wildman–Crippen LogP) is 2.23. The number of carbonyl (C=O) groups excluding carboxylic acids is 1. The highest BCUT2D eigenvalue weighted by molar-refractivity contribution is 5.95. The van der Waals surface area contributed by atoms with Gasteiger partial charge in [0.2, 0.25) is 0 Å². The van der Waals surface area contributed by atoms with Gasteiger partial charge in [-0.15, -0.1) is 0 Å². The topological polar surface area (TPSA) is 83.6 Å². The Balaban J connectivity index is 2.14. The van der Waals surface area contributed by atoms with Crippen LogP contribution in [0.2, 0.25) is 0 Å². The second-order valence-electron chi connectivity index (χ2n) is 6.24. The number of hydrogen-bond donors (Lipinski definition) is 2.